The van der Waals surface area contributed by atoms with Crippen LogP contribution in [0.4, 0.5) is 0 Å². The minimum atomic E-state index is 0.0583. The zero-order valence-corrected chi connectivity index (χ0v) is 12.8. The second-order valence-corrected chi connectivity index (χ2v) is 6.30. The van der Waals surface area contributed by atoms with Gasteiger partial charge in [-0.3, -0.25) is 0 Å². The molecule has 0 spiro atoms. The topological polar surface area (TPSA) is 39.2 Å². The molecule has 0 aliphatic rings. The zero-order valence-electron chi connectivity index (χ0n) is 10.4. The van der Waals surface area contributed by atoms with Crippen molar-refractivity contribution in [1.82, 2.24) is 0 Å². The summed E-state index contributed by atoms with van der Waals surface area (Å²) in [5, 5.41) is 0.205. The summed E-state index contributed by atoms with van der Waals surface area (Å²) in [4.78, 5) is 1.15. The van der Waals surface area contributed by atoms with Gasteiger partial charge in [0.05, 0.1) is 11.5 Å². The van der Waals surface area contributed by atoms with E-state index in [1.165, 1.54) is 5.56 Å². The molecule has 0 radical (unpaired) electrons. The fourth-order valence-corrected chi connectivity index (χ4v) is 3.64. The van der Waals surface area contributed by atoms with Gasteiger partial charge < -0.3 is 10.2 Å². The Morgan fingerprint density at radius 3 is 2.56 bits per heavy atom. The highest BCUT2D eigenvalue weighted by Gasteiger charge is 2.21. The molecule has 1 aromatic carbocycles. The van der Waals surface area contributed by atoms with Gasteiger partial charge >= 0.3 is 0 Å². The highest BCUT2D eigenvalue weighted by atomic mass is 79.9. The number of benzene rings is 1. The monoisotopic (exact) mass is 325 g/mol. The number of halogens is 1. The Balaban J connectivity index is 2.30. The van der Waals surface area contributed by atoms with E-state index in [9.17, 15) is 0 Å². The molecule has 0 bridgehead atoms. The number of rotatable bonds is 4. The SMILES string of the molecule is Cc1occc1SC(c1ccccc1Br)C(C)N. The molecular weight excluding hydrogens is 310 g/mol. The minimum Gasteiger partial charge on any atom is -0.468 e. The van der Waals surface area contributed by atoms with Crippen molar-refractivity contribution >= 4 is 27.7 Å². The van der Waals surface area contributed by atoms with Gasteiger partial charge in [-0.15, -0.1) is 11.8 Å². The smallest absolute Gasteiger partial charge is 0.114 e. The van der Waals surface area contributed by atoms with Crippen molar-refractivity contribution in [3.8, 4) is 0 Å². The van der Waals surface area contributed by atoms with E-state index >= 15 is 0 Å². The van der Waals surface area contributed by atoms with Gasteiger partial charge in [0, 0.05) is 15.4 Å². The van der Waals surface area contributed by atoms with E-state index in [1.54, 1.807) is 18.0 Å². The third kappa shape index (κ3) is 2.99. The normalized spacial score (nSPS) is 14.4. The van der Waals surface area contributed by atoms with Gasteiger partial charge in [0.2, 0.25) is 0 Å². The van der Waals surface area contributed by atoms with Crippen LogP contribution in [0.25, 0.3) is 0 Å². The van der Waals surface area contributed by atoms with Gasteiger partial charge in [-0.05, 0) is 31.5 Å². The van der Waals surface area contributed by atoms with Crippen molar-refractivity contribution in [2.45, 2.75) is 30.0 Å². The van der Waals surface area contributed by atoms with Crippen LogP contribution in [0.3, 0.4) is 0 Å². The Morgan fingerprint density at radius 2 is 2.00 bits per heavy atom. The van der Waals surface area contributed by atoms with E-state index in [0.29, 0.717) is 0 Å². The van der Waals surface area contributed by atoms with E-state index in [1.807, 2.05) is 38.1 Å². The average Bonchev–Trinajstić information content (AvgIpc) is 2.73. The van der Waals surface area contributed by atoms with Crippen molar-refractivity contribution in [3.05, 3.63) is 52.4 Å². The summed E-state index contributed by atoms with van der Waals surface area (Å²) in [6.07, 6.45) is 1.72. The first-order valence-corrected chi connectivity index (χ1v) is 7.47. The summed E-state index contributed by atoms with van der Waals surface area (Å²) >= 11 is 5.34. The molecule has 1 aromatic heterocycles. The van der Waals surface area contributed by atoms with Crippen LogP contribution in [0.2, 0.25) is 0 Å². The maximum atomic E-state index is 6.13. The molecule has 2 N–H and O–H groups in total. The van der Waals surface area contributed by atoms with E-state index in [-0.39, 0.29) is 11.3 Å². The van der Waals surface area contributed by atoms with E-state index in [0.717, 1.165) is 15.1 Å². The molecule has 96 valence electrons. The third-order valence-corrected chi connectivity index (χ3v) is 5.09. The number of aryl methyl sites for hydroxylation is 1. The quantitative estimate of drug-likeness (QED) is 0.839. The predicted octanol–water partition coefficient (Wildman–Crippen LogP) is 4.53. The van der Waals surface area contributed by atoms with Crippen LogP contribution in [0.15, 0.2) is 50.4 Å². The molecule has 2 aromatic rings. The number of hydrogen-bond acceptors (Lipinski definition) is 3. The molecule has 2 rings (SSSR count). The van der Waals surface area contributed by atoms with Crippen molar-refractivity contribution in [1.29, 1.82) is 0 Å². The number of thioether (sulfide) groups is 1. The summed E-state index contributed by atoms with van der Waals surface area (Å²) in [5.74, 6) is 0.942. The Kier molecular flexibility index (Phi) is 4.54. The van der Waals surface area contributed by atoms with Crippen LogP contribution in [0, 0.1) is 6.92 Å². The van der Waals surface area contributed by atoms with Gasteiger partial charge in [-0.25, -0.2) is 0 Å². The van der Waals surface area contributed by atoms with Gasteiger partial charge in [0.15, 0.2) is 0 Å². The number of nitrogens with two attached hydrogens (primary N) is 1. The Hall–Kier alpha value is -0.710. The summed E-state index contributed by atoms with van der Waals surface area (Å²) < 4.78 is 6.44. The Morgan fingerprint density at radius 1 is 1.28 bits per heavy atom. The molecule has 2 unspecified atom stereocenters. The molecule has 0 amide bonds. The first-order chi connectivity index (χ1) is 8.59. The molecule has 1 heterocycles. The van der Waals surface area contributed by atoms with Crippen molar-refractivity contribution in [2.24, 2.45) is 5.73 Å². The number of furan rings is 1. The average molecular weight is 326 g/mol. The first-order valence-electron chi connectivity index (χ1n) is 5.80. The van der Waals surface area contributed by atoms with Gasteiger partial charge in [-0.2, -0.15) is 0 Å². The highest BCUT2D eigenvalue weighted by molar-refractivity contribution is 9.10. The van der Waals surface area contributed by atoms with Crippen molar-refractivity contribution in [3.63, 3.8) is 0 Å². The largest absolute Gasteiger partial charge is 0.468 e. The molecule has 2 nitrogen and oxygen atoms in total. The van der Waals surface area contributed by atoms with Crippen molar-refractivity contribution < 1.29 is 4.42 Å². The first kappa shape index (κ1) is 13.7. The molecule has 0 saturated heterocycles. The van der Waals surface area contributed by atoms with Gasteiger partial charge in [0.25, 0.3) is 0 Å². The maximum absolute atomic E-state index is 6.13. The molecule has 0 fully saturated rings. The Labute approximate surface area is 120 Å². The standard InChI is InChI=1S/C14H16BrNOS/c1-9(16)14(11-5-3-4-6-12(11)15)18-13-7-8-17-10(13)2/h3-9,14H,16H2,1-2H3. The molecule has 0 aliphatic carbocycles. The molecule has 0 saturated carbocycles. The molecule has 4 heteroatoms. The lowest BCUT2D eigenvalue weighted by Crippen LogP contribution is -2.22. The third-order valence-electron chi connectivity index (χ3n) is 2.75. The summed E-state index contributed by atoms with van der Waals surface area (Å²) in [6, 6.07) is 10.3. The van der Waals surface area contributed by atoms with E-state index < -0.39 is 0 Å². The van der Waals surface area contributed by atoms with E-state index in [2.05, 4.69) is 22.0 Å². The second kappa shape index (κ2) is 5.95. The zero-order chi connectivity index (χ0) is 13.1. The van der Waals surface area contributed by atoms with Gasteiger partial charge in [0.1, 0.15) is 5.76 Å². The lowest BCUT2D eigenvalue weighted by molar-refractivity contribution is 0.526. The Bertz CT molecular complexity index is 524. The van der Waals surface area contributed by atoms with Crippen LogP contribution in [0.5, 0.6) is 0 Å². The van der Waals surface area contributed by atoms with Crippen LogP contribution in [-0.4, -0.2) is 6.04 Å². The fraction of sp³-hybridized carbons (Fsp3) is 0.286. The van der Waals surface area contributed by atoms with Crippen LogP contribution >= 0.6 is 27.7 Å². The molecule has 18 heavy (non-hydrogen) atoms. The number of hydrogen-bond donors (Lipinski definition) is 1. The van der Waals surface area contributed by atoms with Crippen molar-refractivity contribution in [2.75, 3.05) is 0 Å². The fourth-order valence-electron chi connectivity index (χ4n) is 1.79. The lowest BCUT2D eigenvalue weighted by atomic mass is 10.1. The summed E-state index contributed by atoms with van der Waals surface area (Å²) in [7, 11) is 0. The summed E-state index contributed by atoms with van der Waals surface area (Å²) in [5.41, 5.74) is 7.35. The highest BCUT2D eigenvalue weighted by Crippen LogP contribution is 2.41. The predicted molar refractivity (Wildman–Crippen MR) is 79.8 cm³/mol. The van der Waals surface area contributed by atoms with E-state index in [4.69, 9.17) is 10.2 Å². The lowest BCUT2D eigenvalue weighted by Gasteiger charge is -2.21. The second-order valence-electron chi connectivity index (χ2n) is 4.26. The maximum Gasteiger partial charge on any atom is 0.114 e. The molecule has 2 atom stereocenters. The van der Waals surface area contributed by atoms with Gasteiger partial charge in [-0.1, -0.05) is 34.1 Å². The molecule has 0 aliphatic heterocycles. The summed E-state index contributed by atoms with van der Waals surface area (Å²) in [6.45, 7) is 4.01. The minimum absolute atomic E-state index is 0.0583. The van der Waals surface area contributed by atoms with Crippen LogP contribution in [0.1, 0.15) is 23.5 Å². The van der Waals surface area contributed by atoms with Crippen LogP contribution < -0.4 is 5.73 Å². The van der Waals surface area contributed by atoms with Crippen LogP contribution in [-0.2, 0) is 0 Å². The molecular formula is C14H16BrNOS.